The summed E-state index contributed by atoms with van der Waals surface area (Å²) in [6.45, 7) is 12.3. The normalized spacial score (nSPS) is 21.0. The fraction of sp³-hybridized carbons (Fsp3) is 0.636. The van der Waals surface area contributed by atoms with E-state index in [0.29, 0.717) is 6.54 Å². The van der Waals surface area contributed by atoms with Crippen LogP contribution in [0.15, 0.2) is 18.3 Å². The highest BCUT2D eigenvalue weighted by molar-refractivity contribution is 5.94. The van der Waals surface area contributed by atoms with Crippen LogP contribution in [-0.2, 0) is 10.2 Å². The van der Waals surface area contributed by atoms with Crippen LogP contribution in [0.25, 0.3) is 10.9 Å². The first-order chi connectivity index (χ1) is 13.5. The third-order valence-electron chi connectivity index (χ3n) is 6.38. The number of aromatic nitrogens is 2. The van der Waals surface area contributed by atoms with Crippen molar-refractivity contribution in [2.24, 2.45) is 11.1 Å². The van der Waals surface area contributed by atoms with Gasteiger partial charge in [0.2, 0.25) is 0 Å². The topological polar surface area (TPSA) is 96.3 Å². The van der Waals surface area contributed by atoms with Crippen molar-refractivity contribution in [2.75, 3.05) is 24.5 Å². The van der Waals surface area contributed by atoms with Gasteiger partial charge < -0.3 is 20.7 Å². The molecule has 4 rings (SSSR count). The molecule has 1 aromatic carbocycles. The zero-order valence-corrected chi connectivity index (χ0v) is 18.1. The molecule has 2 aromatic rings. The Labute approximate surface area is 172 Å². The minimum absolute atomic E-state index is 0.0772. The van der Waals surface area contributed by atoms with E-state index in [1.54, 1.807) is 0 Å². The van der Waals surface area contributed by atoms with Crippen LogP contribution < -0.4 is 16.0 Å². The Kier molecular flexibility index (Phi) is 4.57. The van der Waals surface area contributed by atoms with Gasteiger partial charge in [0.15, 0.2) is 0 Å². The molecule has 1 amide bonds. The lowest BCUT2D eigenvalue weighted by molar-refractivity contribution is 0.0493. The van der Waals surface area contributed by atoms with E-state index in [9.17, 15) is 4.79 Å². The average molecular weight is 400 g/mol. The number of nitrogens with one attached hydrogen (secondary N) is 2. The van der Waals surface area contributed by atoms with Crippen LogP contribution in [0.2, 0.25) is 0 Å². The van der Waals surface area contributed by atoms with E-state index >= 15 is 0 Å². The Morgan fingerprint density at radius 2 is 2.07 bits per heavy atom. The molecule has 1 saturated carbocycles. The number of aromatic amines is 1. The molecule has 1 saturated heterocycles. The third-order valence-corrected chi connectivity index (χ3v) is 6.38. The summed E-state index contributed by atoms with van der Waals surface area (Å²) in [4.78, 5) is 14.8. The number of carbonyl (C=O) groups is 1. The molecule has 2 fully saturated rings. The molecule has 2 aliphatic rings. The monoisotopic (exact) mass is 399 g/mol. The fourth-order valence-corrected chi connectivity index (χ4v) is 4.45. The standard InChI is InChI=1S/C22H33N5O2/c1-20(2,3)29-19(28)25-17-11-27(13-22(17)8-9-22)18-14-10-24-26-16(14)7-6-15(18)21(4,5)12-23/h6-7,10,17H,8-9,11-13,23H2,1-5H3,(H,24,26)(H,25,28)/t17-/m0/s1. The van der Waals surface area contributed by atoms with E-state index in [1.807, 2.05) is 27.0 Å². The van der Waals surface area contributed by atoms with Gasteiger partial charge in [0.25, 0.3) is 0 Å². The van der Waals surface area contributed by atoms with E-state index < -0.39 is 5.60 Å². The van der Waals surface area contributed by atoms with E-state index in [1.165, 1.54) is 11.3 Å². The number of ether oxygens (including phenoxy) is 1. The molecule has 7 heteroatoms. The summed E-state index contributed by atoms with van der Waals surface area (Å²) in [5.74, 6) is 0. The Bertz CT molecular complexity index is 923. The molecular weight excluding hydrogens is 366 g/mol. The molecule has 2 heterocycles. The summed E-state index contributed by atoms with van der Waals surface area (Å²) < 4.78 is 5.51. The molecule has 0 bridgehead atoms. The number of H-pyrrole nitrogens is 1. The van der Waals surface area contributed by atoms with Gasteiger partial charge in [-0.15, -0.1) is 0 Å². The average Bonchev–Trinajstić information content (AvgIpc) is 3.09. The van der Waals surface area contributed by atoms with Gasteiger partial charge in [-0.05, 0) is 45.2 Å². The zero-order chi connectivity index (χ0) is 21.0. The molecule has 7 nitrogen and oxygen atoms in total. The summed E-state index contributed by atoms with van der Waals surface area (Å²) in [6.07, 6.45) is 3.82. The van der Waals surface area contributed by atoms with Crippen LogP contribution in [0, 0.1) is 5.41 Å². The molecule has 1 aromatic heterocycles. The van der Waals surface area contributed by atoms with Gasteiger partial charge in [0, 0.05) is 35.9 Å². The van der Waals surface area contributed by atoms with E-state index in [2.05, 4.69) is 46.4 Å². The van der Waals surface area contributed by atoms with Gasteiger partial charge in [-0.3, -0.25) is 5.10 Å². The van der Waals surface area contributed by atoms with Crippen LogP contribution in [-0.4, -0.2) is 47.6 Å². The van der Waals surface area contributed by atoms with E-state index in [4.69, 9.17) is 10.5 Å². The number of alkyl carbamates (subject to hydrolysis) is 1. The minimum atomic E-state index is -0.500. The van der Waals surface area contributed by atoms with Crippen LogP contribution in [0.4, 0.5) is 10.5 Å². The third kappa shape index (κ3) is 3.68. The van der Waals surface area contributed by atoms with Gasteiger partial charge in [0.05, 0.1) is 23.4 Å². The van der Waals surface area contributed by atoms with Crippen LogP contribution in [0.1, 0.15) is 53.0 Å². The minimum Gasteiger partial charge on any atom is -0.444 e. The molecule has 1 aliphatic carbocycles. The largest absolute Gasteiger partial charge is 0.444 e. The van der Waals surface area contributed by atoms with Crippen LogP contribution >= 0.6 is 0 Å². The van der Waals surface area contributed by atoms with Gasteiger partial charge in [0.1, 0.15) is 5.60 Å². The van der Waals surface area contributed by atoms with E-state index in [-0.39, 0.29) is 23.0 Å². The van der Waals surface area contributed by atoms with Crippen molar-refractivity contribution < 1.29 is 9.53 Å². The van der Waals surface area contributed by atoms with Crippen molar-refractivity contribution in [2.45, 2.75) is 64.5 Å². The number of anilines is 1. The number of amides is 1. The molecule has 158 valence electrons. The zero-order valence-electron chi connectivity index (χ0n) is 18.1. The van der Waals surface area contributed by atoms with Crippen molar-refractivity contribution in [3.63, 3.8) is 0 Å². The molecule has 4 N–H and O–H groups in total. The Morgan fingerprint density at radius 3 is 2.69 bits per heavy atom. The Hall–Kier alpha value is -2.28. The highest BCUT2D eigenvalue weighted by atomic mass is 16.6. The van der Waals surface area contributed by atoms with E-state index in [0.717, 1.165) is 36.8 Å². The molecule has 0 unspecified atom stereocenters. The summed E-state index contributed by atoms with van der Waals surface area (Å²) in [5, 5.41) is 11.6. The number of benzene rings is 1. The first-order valence-corrected chi connectivity index (χ1v) is 10.5. The summed E-state index contributed by atoms with van der Waals surface area (Å²) in [7, 11) is 0. The van der Waals surface area contributed by atoms with Crippen molar-refractivity contribution in [3.05, 3.63) is 23.9 Å². The predicted octanol–water partition coefficient (Wildman–Crippen LogP) is 3.29. The lowest BCUT2D eigenvalue weighted by atomic mass is 9.82. The van der Waals surface area contributed by atoms with Gasteiger partial charge in [-0.25, -0.2) is 4.79 Å². The highest BCUT2D eigenvalue weighted by Gasteiger charge is 2.56. The first kappa shape index (κ1) is 20.0. The van der Waals surface area contributed by atoms with Gasteiger partial charge in [-0.1, -0.05) is 19.9 Å². The second-order valence-corrected chi connectivity index (χ2v) is 10.3. The molecule has 29 heavy (non-hydrogen) atoms. The smallest absolute Gasteiger partial charge is 0.407 e. The Morgan fingerprint density at radius 1 is 1.34 bits per heavy atom. The van der Waals surface area contributed by atoms with Crippen LogP contribution in [0.3, 0.4) is 0 Å². The summed E-state index contributed by atoms with van der Waals surface area (Å²) in [5.41, 5.74) is 9.03. The van der Waals surface area contributed by atoms with Gasteiger partial charge in [-0.2, -0.15) is 5.10 Å². The Balaban J connectivity index is 1.66. The number of fused-ring (bicyclic) bond motifs is 1. The lowest BCUT2D eigenvalue weighted by Crippen LogP contribution is -2.44. The summed E-state index contributed by atoms with van der Waals surface area (Å²) in [6, 6.07) is 4.32. The number of nitrogens with two attached hydrogens (primary N) is 1. The van der Waals surface area contributed by atoms with Crippen molar-refractivity contribution in [1.29, 1.82) is 0 Å². The molecular formula is C22H33N5O2. The molecule has 1 aliphatic heterocycles. The number of nitrogens with zero attached hydrogens (tertiary/aromatic N) is 2. The lowest BCUT2D eigenvalue weighted by Gasteiger charge is -2.31. The summed E-state index contributed by atoms with van der Waals surface area (Å²) >= 11 is 0. The van der Waals surface area contributed by atoms with Crippen LogP contribution in [0.5, 0.6) is 0 Å². The maximum absolute atomic E-state index is 12.4. The molecule has 1 atom stereocenters. The van der Waals surface area contributed by atoms with Gasteiger partial charge >= 0.3 is 6.09 Å². The second kappa shape index (κ2) is 6.62. The highest BCUT2D eigenvalue weighted by Crippen LogP contribution is 2.54. The molecule has 1 spiro atoms. The first-order valence-electron chi connectivity index (χ1n) is 10.5. The number of hydrogen-bond acceptors (Lipinski definition) is 5. The quantitative estimate of drug-likeness (QED) is 0.733. The maximum Gasteiger partial charge on any atom is 0.407 e. The predicted molar refractivity (Wildman–Crippen MR) is 115 cm³/mol. The number of rotatable bonds is 4. The van der Waals surface area contributed by atoms with Crippen molar-refractivity contribution >= 4 is 22.7 Å². The van der Waals surface area contributed by atoms with Crippen molar-refractivity contribution in [1.82, 2.24) is 15.5 Å². The SMILES string of the molecule is CC(C)(C)OC(=O)N[C@H]1CN(c2c(C(C)(C)CN)ccc3[nH]ncc23)CC12CC2. The fourth-order valence-electron chi connectivity index (χ4n) is 4.45. The number of carbonyl (C=O) groups excluding carboxylic acids is 1. The second-order valence-electron chi connectivity index (χ2n) is 10.3. The number of hydrogen-bond donors (Lipinski definition) is 3. The van der Waals surface area contributed by atoms with Crippen molar-refractivity contribution in [3.8, 4) is 0 Å². The molecule has 0 radical (unpaired) electrons. The maximum atomic E-state index is 12.4.